The van der Waals surface area contributed by atoms with Gasteiger partial charge in [0.05, 0.1) is 12.6 Å². The lowest BCUT2D eigenvalue weighted by atomic mass is 9.93. The van der Waals surface area contributed by atoms with Crippen molar-refractivity contribution in [2.24, 2.45) is 5.73 Å². The molecule has 3 spiro atoms. The van der Waals surface area contributed by atoms with Gasteiger partial charge in [-0.2, -0.15) is 0 Å². The minimum atomic E-state index is -0.873. The van der Waals surface area contributed by atoms with Crippen molar-refractivity contribution < 1.29 is 23.7 Å². The summed E-state index contributed by atoms with van der Waals surface area (Å²) in [4.78, 5) is 0. The highest BCUT2D eigenvalue weighted by molar-refractivity contribution is 5.05. The van der Waals surface area contributed by atoms with E-state index in [1.165, 1.54) is 12.8 Å². The molecule has 0 aromatic rings. The fourth-order valence-electron chi connectivity index (χ4n) is 5.20. The molecule has 3 heterocycles. The average molecular weight is 339 g/mol. The summed E-state index contributed by atoms with van der Waals surface area (Å²) in [5, 5.41) is 0. The van der Waals surface area contributed by atoms with E-state index >= 15 is 0 Å². The molecule has 24 heavy (non-hydrogen) atoms. The van der Waals surface area contributed by atoms with Crippen LogP contribution in [0.3, 0.4) is 0 Å². The molecule has 2 aliphatic carbocycles. The molecule has 4 atom stereocenters. The highest BCUT2D eigenvalue weighted by atomic mass is 16.8. The molecule has 3 saturated heterocycles. The number of fused-ring (bicyclic) bond motifs is 1. The zero-order chi connectivity index (χ0) is 16.3. The molecule has 0 radical (unpaired) electrons. The summed E-state index contributed by atoms with van der Waals surface area (Å²) in [5.74, 6) is -1.81. The summed E-state index contributed by atoms with van der Waals surface area (Å²) < 4.78 is 31.3. The Morgan fingerprint density at radius 3 is 2.12 bits per heavy atom. The number of hydrogen-bond donors (Lipinski definition) is 1. The molecule has 3 aliphatic heterocycles. The third-order valence-electron chi connectivity index (χ3n) is 6.56. The van der Waals surface area contributed by atoms with Gasteiger partial charge in [-0.05, 0) is 25.7 Å². The first-order valence-electron chi connectivity index (χ1n) is 9.74. The Labute approximate surface area is 143 Å². The summed E-state index contributed by atoms with van der Waals surface area (Å²) in [5.41, 5.74) is 6.61. The van der Waals surface area contributed by atoms with Gasteiger partial charge in [0.15, 0.2) is 11.6 Å². The molecule has 0 aromatic carbocycles. The normalized spacial score (nSPS) is 46.6. The zero-order valence-corrected chi connectivity index (χ0v) is 14.3. The lowest BCUT2D eigenvalue weighted by Gasteiger charge is -2.43. The molecule has 6 nitrogen and oxygen atoms in total. The highest BCUT2D eigenvalue weighted by Crippen LogP contribution is 2.49. The molecule has 0 unspecified atom stereocenters. The van der Waals surface area contributed by atoms with Gasteiger partial charge in [0, 0.05) is 25.7 Å². The largest absolute Gasteiger partial charge is 0.344 e. The fourth-order valence-corrected chi connectivity index (χ4v) is 5.20. The van der Waals surface area contributed by atoms with Gasteiger partial charge in [0.2, 0.25) is 5.79 Å². The van der Waals surface area contributed by atoms with Crippen molar-refractivity contribution in [3.63, 3.8) is 0 Å². The zero-order valence-electron chi connectivity index (χ0n) is 14.3. The number of hydrogen-bond acceptors (Lipinski definition) is 6. The van der Waals surface area contributed by atoms with Crippen molar-refractivity contribution >= 4 is 0 Å². The van der Waals surface area contributed by atoms with Crippen LogP contribution >= 0.6 is 0 Å². The molecule has 0 bridgehead atoms. The van der Waals surface area contributed by atoms with E-state index in [1.807, 2.05) is 0 Å². The van der Waals surface area contributed by atoms with Crippen molar-refractivity contribution in [3.8, 4) is 0 Å². The molecule has 5 aliphatic rings. The first kappa shape index (κ1) is 16.0. The van der Waals surface area contributed by atoms with Crippen molar-refractivity contribution in [1.82, 2.24) is 0 Å². The number of rotatable bonds is 0. The van der Waals surface area contributed by atoms with Crippen molar-refractivity contribution in [2.75, 3.05) is 13.2 Å². The Bertz CT molecular complexity index is 476. The minimum Gasteiger partial charge on any atom is -0.344 e. The Morgan fingerprint density at radius 2 is 1.42 bits per heavy atom. The number of ether oxygens (including phenoxy) is 5. The quantitative estimate of drug-likeness (QED) is 0.729. The highest BCUT2D eigenvalue weighted by Gasteiger charge is 2.64. The van der Waals surface area contributed by atoms with E-state index in [9.17, 15) is 0 Å². The smallest absolute Gasteiger partial charge is 0.213 e. The second-order valence-electron chi connectivity index (χ2n) is 8.22. The van der Waals surface area contributed by atoms with Gasteiger partial charge in [-0.1, -0.05) is 12.8 Å². The second-order valence-corrected chi connectivity index (χ2v) is 8.22. The van der Waals surface area contributed by atoms with Gasteiger partial charge in [0.25, 0.3) is 0 Å². The van der Waals surface area contributed by atoms with Crippen molar-refractivity contribution in [3.05, 3.63) is 0 Å². The van der Waals surface area contributed by atoms with Crippen LogP contribution in [0.1, 0.15) is 64.2 Å². The predicted molar refractivity (Wildman–Crippen MR) is 85.1 cm³/mol. The molecular weight excluding hydrogens is 310 g/mol. The first-order chi connectivity index (χ1) is 11.6. The van der Waals surface area contributed by atoms with E-state index in [1.54, 1.807) is 0 Å². The van der Waals surface area contributed by atoms with Gasteiger partial charge in [-0.15, -0.1) is 0 Å². The molecular formula is C18H29NO5. The van der Waals surface area contributed by atoms with Crippen LogP contribution in [0.15, 0.2) is 0 Å². The fraction of sp³-hybridized carbons (Fsp3) is 1.00. The van der Waals surface area contributed by atoms with Gasteiger partial charge in [-0.25, -0.2) is 0 Å². The van der Waals surface area contributed by atoms with E-state index < -0.39 is 17.4 Å². The SMILES string of the molecule is N[C@@H]1[C@@H]2OC3(CCCCC3)O[C@@H]2CO[C@]12COC1(CCCCC1)O2. The molecule has 136 valence electrons. The van der Waals surface area contributed by atoms with Crippen LogP contribution in [0, 0.1) is 0 Å². The monoisotopic (exact) mass is 339 g/mol. The standard InChI is InChI=1S/C18H29NO5/c19-15-14-13(22-17(23-14)9-5-2-6-10-17)11-20-18(15)12-21-16(24-18)7-3-1-4-8-16/h13-15H,1-12,19H2/t13-,14-,15-,18+/m1/s1. The van der Waals surface area contributed by atoms with E-state index in [2.05, 4.69) is 0 Å². The average Bonchev–Trinajstić information content (AvgIpc) is 3.13. The second kappa shape index (κ2) is 5.63. The van der Waals surface area contributed by atoms with Gasteiger partial charge >= 0.3 is 0 Å². The van der Waals surface area contributed by atoms with Crippen LogP contribution in [0.4, 0.5) is 0 Å². The lowest BCUT2D eigenvalue weighted by Crippen LogP contribution is -2.65. The van der Waals surface area contributed by atoms with Crippen LogP contribution in [-0.2, 0) is 23.7 Å². The summed E-state index contributed by atoms with van der Waals surface area (Å²) in [6, 6.07) is -0.376. The van der Waals surface area contributed by atoms with Crippen LogP contribution in [-0.4, -0.2) is 48.8 Å². The lowest BCUT2D eigenvalue weighted by molar-refractivity contribution is -0.306. The maximum atomic E-state index is 6.61. The topological polar surface area (TPSA) is 72.2 Å². The molecule has 6 heteroatoms. The van der Waals surface area contributed by atoms with Crippen LogP contribution in [0.25, 0.3) is 0 Å². The van der Waals surface area contributed by atoms with Crippen LogP contribution in [0.2, 0.25) is 0 Å². The summed E-state index contributed by atoms with van der Waals surface area (Å²) in [6.45, 7) is 0.868. The molecule has 5 fully saturated rings. The summed E-state index contributed by atoms with van der Waals surface area (Å²) in [7, 11) is 0. The third-order valence-corrected chi connectivity index (χ3v) is 6.56. The predicted octanol–water partition coefficient (Wildman–Crippen LogP) is 2.19. The van der Waals surface area contributed by atoms with Gasteiger partial charge in [-0.3, -0.25) is 0 Å². The Balaban J connectivity index is 1.34. The van der Waals surface area contributed by atoms with Crippen molar-refractivity contribution in [2.45, 2.75) is 99.8 Å². The van der Waals surface area contributed by atoms with Crippen molar-refractivity contribution in [1.29, 1.82) is 0 Å². The number of nitrogens with two attached hydrogens (primary N) is 1. The maximum absolute atomic E-state index is 6.61. The Morgan fingerprint density at radius 1 is 0.750 bits per heavy atom. The molecule has 0 aromatic heterocycles. The Kier molecular flexibility index (Phi) is 3.75. The van der Waals surface area contributed by atoms with E-state index in [4.69, 9.17) is 29.4 Å². The minimum absolute atomic E-state index is 0.0877. The third kappa shape index (κ3) is 2.38. The Hall–Kier alpha value is -0.240. The van der Waals surface area contributed by atoms with Crippen LogP contribution in [0.5, 0.6) is 0 Å². The van der Waals surface area contributed by atoms with E-state index in [-0.39, 0.29) is 18.2 Å². The summed E-state index contributed by atoms with van der Waals surface area (Å²) >= 11 is 0. The van der Waals surface area contributed by atoms with Gasteiger partial charge in [0.1, 0.15) is 18.8 Å². The van der Waals surface area contributed by atoms with Gasteiger partial charge < -0.3 is 29.4 Å². The summed E-state index contributed by atoms with van der Waals surface area (Å²) in [6.07, 6.45) is 10.6. The van der Waals surface area contributed by atoms with Crippen LogP contribution < -0.4 is 5.73 Å². The van der Waals surface area contributed by atoms with E-state index in [0.29, 0.717) is 13.2 Å². The first-order valence-corrected chi connectivity index (χ1v) is 9.74. The molecule has 2 saturated carbocycles. The molecule has 0 amide bonds. The molecule has 5 rings (SSSR count). The van der Waals surface area contributed by atoms with E-state index in [0.717, 1.165) is 51.4 Å². The molecule has 2 N–H and O–H groups in total. The maximum Gasteiger partial charge on any atom is 0.213 e.